The number of hydrogen-bond acceptors (Lipinski definition) is 4. The lowest BCUT2D eigenvalue weighted by molar-refractivity contribution is -0.0242. The highest BCUT2D eigenvalue weighted by Crippen LogP contribution is 2.38. The van der Waals surface area contributed by atoms with Crippen LogP contribution in [0.1, 0.15) is 32.9 Å². The molecule has 1 atom stereocenters. The van der Waals surface area contributed by atoms with E-state index in [0.717, 1.165) is 18.8 Å². The summed E-state index contributed by atoms with van der Waals surface area (Å²) in [6.07, 6.45) is 2.32. The molecule has 1 aromatic rings. The van der Waals surface area contributed by atoms with Crippen LogP contribution in [0.15, 0.2) is 6.20 Å². The highest BCUT2D eigenvalue weighted by molar-refractivity contribution is 5.31. The average molecular weight is 269 g/mol. The molecule has 1 aromatic heterocycles. The van der Waals surface area contributed by atoms with Gasteiger partial charge < -0.3 is 14.7 Å². The molecule has 110 valence electrons. The van der Waals surface area contributed by atoms with Crippen LogP contribution >= 0.6 is 0 Å². The number of methoxy groups -OCH3 is 1. The van der Waals surface area contributed by atoms with Gasteiger partial charge in [0.1, 0.15) is 11.3 Å². The van der Waals surface area contributed by atoms with Crippen LogP contribution in [-0.2, 0) is 12.1 Å². The molecule has 0 amide bonds. The van der Waals surface area contributed by atoms with E-state index in [1.807, 2.05) is 39.5 Å². The molecule has 0 aliphatic heterocycles. The second-order valence-corrected chi connectivity index (χ2v) is 5.52. The van der Waals surface area contributed by atoms with Crippen LogP contribution in [-0.4, -0.2) is 47.5 Å². The molecular weight excluding hydrogens is 242 g/mol. The van der Waals surface area contributed by atoms with E-state index in [1.54, 1.807) is 13.3 Å². The Morgan fingerprint density at radius 2 is 2.11 bits per heavy atom. The van der Waals surface area contributed by atoms with Crippen molar-refractivity contribution in [3.05, 3.63) is 11.9 Å². The molecule has 0 spiro atoms. The SMILES string of the molecule is CCC(O)(c1c(OC)cnn1CCN(C)C)C(C)C. The lowest BCUT2D eigenvalue weighted by atomic mass is 9.84. The second-order valence-electron chi connectivity index (χ2n) is 5.52. The van der Waals surface area contributed by atoms with E-state index in [4.69, 9.17) is 4.74 Å². The Kier molecular flexibility index (Phi) is 5.38. The van der Waals surface area contributed by atoms with Gasteiger partial charge in [0.05, 0.1) is 19.9 Å². The molecule has 0 radical (unpaired) electrons. The van der Waals surface area contributed by atoms with Gasteiger partial charge in [-0.25, -0.2) is 0 Å². The topological polar surface area (TPSA) is 50.5 Å². The summed E-state index contributed by atoms with van der Waals surface area (Å²) < 4.78 is 7.24. The van der Waals surface area contributed by atoms with Crippen molar-refractivity contribution in [1.29, 1.82) is 0 Å². The Bertz CT molecular complexity index is 401. The molecule has 0 saturated carbocycles. The number of rotatable bonds is 7. The zero-order valence-corrected chi connectivity index (χ0v) is 13.0. The van der Waals surface area contributed by atoms with Gasteiger partial charge in [-0.15, -0.1) is 0 Å². The van der Waals surface area contributed by atoms with Crippen LogP contribution < -0.4 is 4.74 Å². The molecule has 0 aromatic carbocycles. The van der Waals surface area contributed by atoms with Crippen LogP contribution in [0.25, 0.3) is 0 Å². The number of likely N-dealkylation sites (N-methyl/N-ethyl adjacent to an activating group) is 1. The van der Waals surface area contributed by atoms with E-state index in [2.05, 4.69) is 10.00 Å². The first-order chi connectivity index (χ1) is 8.86. The van der Waals surface area contributed by atoms with Crippen LogP contribution in [0.4, 0.5) is 0 Å². The minimum Gasteiger partial charge on any atom is -0.493 e. The third-order valence-electron chi connectivity index (χ3n) is 3.69. The van der Waals surface area contributed by atoms with Crippen molar-refractivity contribution in [2.75, 3.05) is 27.7 Å². The molecule has 1 unspecified atom stereocenters. The van der Waals surface area contributed by atoms with E-state index in [-0.39, 0.29) is 5.92 Å². The van der Waals surface area contributed by atoms with Crippen LogP contribution in [0.3, 0.4) is 0 Å². The number of hydrogen-bond donors (Lipinski definition) is 1. The van der Waals surface area contributed by atoms with Crippen molar-refractivity contribution in [1.82, 2.24) is 14.7 Å². The average Bonchev–Trinajstić information content (AvgIpc) is 2.78. The van der Waals surface area contributed by atoms with E-state index in [1.165, 1.54) is 0 Å². The predicted octanol–water partition coefficient (Wildman–Crippen LogP) is 1.71. The van der Waals surface area contributed by atoms with Gasteiger partial charge in [-0.05, 0) is 26.4 Å². The minimum atomic E-state index is -0.909. The molecule has 5 heteroatoms. The monoisotopic (exact) mass is 269 g/mol. The van der Waals surface area contributed by atoms with Crippen LogP contribution in [0, 0.1) is 5.92 Å². The first kappa shape index (κ1) is 16.0. The van der Waals surface area contributed by atoms with Crippen molar-refractivity contribution < 1.29 is 9.84 Å². The van der Waals surface area contributed by atoms with Gasteiger partial charge in [0.15, 0.2) is 5.75 Å². The standard InChI is InChI=1S/C14H27N3O2/c1-7-14(18,11(2)3)13-12(19-6)10-15-17(13)9-8-16(4)5/h10-11,18H,7-9H2,1-6H3. The number of aliphatic hydroxyl groups is 1. The molecule has 1 N–H and O–H groups in total. The highest BCUT2D eigenvalue weighted by atomic mass is 16.5. The molecule has 0 saturated heterocycles. The van der Waals surface area contributed by atoms with E-state index in [9.17, 15) is 5.11 Å². The fourth-order valence-corrected chi connectivity index (χ4v) is 2.27. The summed E-state index contributed by atoms with van der Waals surface area (Å²) >= 11 is 0. The van der Waals surface area contributed by atoms with E-state index in [0.29, 0.717) is 12.2 Å². The molecule has 0 aliphatic rings. The first-order valence-electron chi connectivity index (χ1n) is 6.84. The maximum absolute atomic E-state index is 11.0. The summed E-state index contributed by atoms with van der Waals surface area (Å²) in [4.78, 5) is 2.10. The fraction of sp³-hybridized carbons (Fsp3) is 0.786. The molecule has 19 heavy (non-hydrogen) atoms. The van der Waals surface area contributed by atoms with Crippen molar-refractivity contribution in [2.45, 2.75) is 39.3 Å². The van der Waals surface area contributed by atoms with Crippen LogP contribution in [0.2, 0.25) is 0 Å². The van der Waals surface area contributed by atoms with E-state index >= 15 is 0 Å². The summed E-state index contributed by atoms with van der Waals surface area (Å²) in [6, 6.07) is 0. The van der Waals surface area contributed by atoms with Gasteiger partial charge >= 0.3 is 0 Å². The molecular formula is C14H27N3O2. The van der Waals surface area contributed by atoms with Gasteiger partial charge in [-0.3, -0.25) is 4.68 Å². The molecule has 1 heterocycles. The lowest BCUT2D eigenvalue weighted by Gasteiger charge is -2.32. The lowest BCUT2D eigenvalue weighted by Crippen LogP contribution is -2.35. The summed E-state index contributed by atoms with van der Waals surface area (Å²) in [7, 11) is 5.66. The number of aromatic nitrogens is 2. The predicted molar refractivity (Wildman–Crippen MR) is 76.4 cm³/mol. The van der Waals surface area contributed by atoms with Gasteiger partial charge in [-0.2, -0.15) is 5.10 Å². The molecule has 5 nitrogen and oxygen atoms in total. The Balaban J connectivity index is 3.18. The molecule has 0 aliphatic carbocycles. The normalized spacial score (nSPS) is 15.0. The summed E-state index contributed by atoms with van der Waals surface area (Å²) in [6.45, 7) is 7.64. The highest BCUT2D eigenvalue weighted by Gasteiger charge is 2.37. The molecule has 0 bridgehead atoms. The number of nitrogens with zero attached hydrogens (tertiary/aromatic N) is 3. The second kappa shape index (κ2) is 6.39. The summed E-state index contributed by atoms with van der Waals surface area (Å²) in [5.74, 6) is 0.762. The smallest absolute Gasteiger partial charge is 0.162 e. The Labute approximate surface area is 116 Å². The largest absolute Gasteiger partial charge is 0.493 e. The Morgan fingerprint density at radius 3 is 2.53 bits per heavy atom. The number of ether oxygens (including phenoxy) is 1. The van der Waals surface area contributed by atoms with Gasteiger partial charge in [0, 0.05) is 6.54 Å². The zero-order chi connectivity index (χ0) is 14.6. The van der Waals surface area contributed by atoms with Gasteiger partial charge in [0.2, 0.25) is 0 Å². The van der Waals surface area contributed by atoms with E-state index < -0.39 is 5.60 Å². The molecule has 0 fully saturated rings. The summed E-state index contributed by atoms with van der Waals surface area (Å²) in [5.41, 5.74) is -0.122. The fourth-order valence-electron chi connectivity index (χ4n) is 2.27. The quantitative estimate of drug-likeness (QED) is 0.818. The maximum Gasteiger partial charge on any atom is 0.162 e. The van der Waals surface area contributed by atoms with Crippen molar-refractivity contribution in [2.24, 2.45) is 5.92 Å². The molecule has 1 rings (SSSR count). The Morgan fingerprint density at radius 1 is 1.47 bits per heavy atom. The van der Waals surface area contributed by atoms with Crippen molar-refractivity contribution >= 4 is 0 Å². The van der Waals surface area contributed by atoms with Crippen molar-refractivity contribution in [3.8, 4) is 5.75 Å². The zero-order valence-electron chi connectivity index (χ0n) is 13.0. The van der Waals surface area contributed by atoms with Crippen molar-refractivity contribution in [3.63, 3.8) is 0 Å². The first-order valence-corrected chi connectivity index (χ1v) is 6.84. The summed E-state index contributed by atoms with van der Waals surface area (Å²) in [5, 5.41) is 15.3. The van der Waals surface area contributed by atoms with Gasteiger partial charge in [0.25, 0.3) is 0 Å². The maximum atomic E-state index is 11.0. The van der Waals surface area contributed by atoms with Crippen LogP contribution in [0.5, 0.6) is 5.75 Å². The van der Waals surface area contributed by atoms with Gasteiger partial charge in [-0.1, -0.05) is 20.8 Å². The third kappa shape index (κ3) is 3.28. The third-order valence-corrected chi connectivity index (χ3v) is 3.69. The Hall–Kier alpha value is -1.07. The minimum absolute atomic E-state index is 0.0983.